The number of rotatable bonds is 6. The Morgan fingerprint density at radius 2 is 0.725 bits per heavy atom. The average Bonchev–Trinajstić information content (AvgIpc) is 3.22. The first kappa shape index (κ1) is 30.3. The SMILES string of the molecule is O=C1c2ccccc2C(c2ccccc2)(c2ccccc2)c2cc(-c3ccc(-c4nc(-c5ccccc5)nc(-c5ccccc5)n4)cc3)ccc21. The summed E-state index contributed by atoms with van der Waals surface area (Å²) >= 11 is 0. The van der Waals surface area contributed by atoms with Crippen LogP contribution in [0.3, 0.4) is 0 Å². The molecule has 1 aliphatic carbocycles. The minimum Gasteiger partial charge on any atom is -0.289 e. The van der Waals surface area contributed by atoms with E-state index in [1.165, 1.54) is 0 Å². The fourth-order valence-corrected chi connectivity index (χ4v) is 7.44. The van der Waals surface area contributed by atoms with Gasteiger partial charge in [-0.05, 0) is 39.4 Å². The van der Waals surface area contributed by atoms with Crippen LogP contribution in [-0.2, 0) is 5.41 Å². The molecule has 7 aromatic carbocycles. The van der Waals surface area contributed by atoms with E-state index < -0.39 is 5.41 Å². The minimum atomic E-state index is -0.690. The van der Waals surface area contributed by atoms with Gasteiger partial charge in [-0.2, -0.15) is 0 Å². The standard InChI is InChI=1S/C47H31N3O/c51-43-39-23-13-14-24-41(39)47(37-19-9-3-10-20-37,38-21-11-4-12-22-38)42-31-36(29-30-40(42)43)32-25-27-35(28-26-32)46-49-44(33-15-5-1-6-16-33)48-45(50-46)34-17-7-2-8-18-34/h1-31H. The topological polar surface area (TPSA) is 55.7 Å². The highest BCUT2D eigenvalue weighted by Gasteiger charge is 2.46. The Labute approximate surface area is 296 Å². The van der Waals surface area contributed by atoms with E-state index in [2.05, 4.69) is 91.0 Å². The number of benzene rings is 7. The predicted octanol–water partition coefficient (Wildman–Crippen LogP) is 10.5. The molecule has 4 heteroatoms. The first-order valence-electron chi connectivity index (χ1n) is 17.1. The first-order valence-corrected chi connectivity index (χ1v) is 17.1. The summed E-state index contributed by atoms with van der Waals surface area (Å²) in [6.07, 6.45) is 0. The van der Waals surface area contributed by atoms with Gasteiger partial charge in [0.2, 0.25) is 0 Å². The van der Waals surface area contributed by atoms with Crippen molar-refractivity contribution in [1.82, 2.24) is 15.0 Å². The number of hydrogen-bond donors (Lipinski definition) is 0. The molecule has 0 atom stereocenters. The number of nitrogens with zero attached hydrogens (tertiary/aromatic N) is 3. The van der Waals surface area contributed by atoms with Crippen LogP contribution >= 0.6 is 0 Å². The fraction of sp³-hybridized carbons (Fsp3) is 0.0213. The van der Waals surface area contributed by atoms with Gasteiger partial charge in [0.15, 0.2) is 23.3 Å². The van der Waals surface area contributed by atoms with Crippen molar-refractivity contribution >= 4 is 5.78 Å². The molecule has 0 N–H and O–H groups in total. The quantitative estimate of drug-likeness (QED) is 0.179. The maximum absolute atomic E-state index is 14.1. The number of aromatic nitrogens is 3. The Bertz CT molecular complexity index is 2420. The zero-order valence-corrected chi connectivity index (χ0v) is 27.6. The van der Waals surface area contributed by atoms with Crippen LogP contribution in [0, 0.1) is 0 Å². The number of ketones is 1. The van der Waals surface area contributed by atoms with Crippen molar-refractivity contribution < 1.29 is 4.79 Å². The molecular formula is C47H31N3O. The maximum atomic E-state index is 14.1. The van der Waals surface area contributed by atoms with Crippen LogP contribution < -0.4 is 0 Å². The van der Waals surface area contributed by atoms with Gasteiger partial charge in [0.05, 0.1) is 5.41 Å². The van der Waals surface area contributed by atoms with Crippen LogP contribution in [0.25, 0.3) is 45.3 Å². The number of fused-ring (bicyclic) bond motifs is 2. The minimum absolute atomic E-state index is 0.0447. The molecule has 0 unspecified atom stereocenters. The fourth-order valence-electron chi connectivity index (χ4n) is 7.44. The summed E-state index contributed by atoms with van der Waals surface area (Å²) in [5.41, 5.74) is 9.76. The zero-order valence-electron chi connectivity index (χ0n) is 27.6. The molecule has 8 aromatic rings. The van der Waals surface area contributed by atoms with E-state index >= 15 is 0 Å². The van der Waals surface area contributed by atoms with Crippen molar-refractivity contribution in [3.05, 3.63) is 221 Å². The lowest BCUT2D eigenvalue weighted by atomic mass is 9.59. The summed E-state index contributed by atoms with van der Waals surface area (Å²) in [6.45, 7) is 0. The molecule has 9 rings (SSSR count). The zero-order chi connectivity index (χ0) is 34.2. The van der Waals surface area contributed by atoms with E-state index in [4.69, 9.17) is 15.0 Å². The Hall–Kier alpha value is -6.78. The molecule has 0 radical (unpaired) electrons. The third-order valence-electron chi connectivity index (χ3n) is 9.83. The van der Waals surface area contributed by atoms with E-state index in [0.29, 0.717) is 23.0 Å². The van der Waals surface area contributed by atoms with Crippen molar-refractivity contribution in [2.45, 2.75) is 5.41 Å². The third kappa shape index (κ3) is 5.17. The molecular weight excluding hydrogens is 623 g/mol. The van der Waals surface area contributed by atoms with Crippen LogP contribution in [0.1, 0.15) is 38.2 Å². The Balaban J connectivity index is 1.19. The highest BCUT2D eigenvalue weighted by molar-refractivity contribution is 6.14. The molecule has 0 bridgehead atoms. The van der Waals surface area contributed by atoms with Gasteiger partial charge in [0.1, 0.15) is 0 Å². The van der Waals surface area contributed by atoms with E-state index in [0.717, 1.165) is 55.6 Å². The Morgan fingerprint density at radius 3 is 1.25 bits per heavy atom. The van der Waals surface area contributed by atoms with E-state index in [1.807, 2.05) is 97.1 Å². The molecule has 1 aliphatic rings. The summed E-state index contributed by atoms with van der Waals surface area (Å²) in [7, 11) is 0. The largest absolute Gasteiger partial charge is 0.289 e. The molecule has 0 amide bonds. The number of hydrogen-bond acceptors (Lipinski definition) is 4. The predicted molar refractivity (Wildman–Crippen MR) is 203 cm³/mol. The summed E-state index contributed by atoms with van der Waals surface area (Å²) in [5.74, 6) is 1.90. The molecule has 0 spiro atoms. The lowest BCUT2D eigenvalue weighted by Gasteiger charge is -2.42. The van der Waals surface area contributed by atoms with Gasteiger partial charge in [0.25, 0.3) is 0 Å². The highest BCUT2D eigenvalue weighted by atomic mass is 16.1. The van der Waals surface area contributed by atoms with E-state index in [1.54, 1.807) is 0 Å². The molecule has 240 valence electrons. The Morgan fingerprint density at radius 1 is 0.333 bits per heavy atom. The van der Waals surface area contributed by atoms with Gasteiger partial charge in [0, 0.05) is 27.8 Å². The molecule has 0 saturated heterocycles. The van der Waals surface area contributed by atoms with Crippen molar-refractivity contribution in [2.24, 2.45) is 0 Å². The molecule has 4 nitrogen and oxygen atoms in total. The molecule has 1 aromatic heterocycles. The first-order chi connectivity index (χ1) is 25.2. The number of carbonyl (C=O) groups is 1. The van der Waals surface area contributed by atoms with Gasteiger partial charge in [-0.15, -0.1) is 0 Å². The molecule has 0 fully saturated rings. The van der Waals surface area contributed by atoms with Gasteiger partial charge in [-0.1, -0.05) is 182 Å². The second-order valence-corrected chi connectivity index (χ2v) is 12.7. The van der Waals surface area contributed by atoms with Crippen molar-refractivity contribution in [3.63, 3.8) is 0 Å². The normalized spacial score (nSPS) is 12.9. The van der Waals surface area contributed by atoms with Crippen LogP contribution in [0.15, 0.2) is 188 Å². The van der Waals surface area contributed by atoms with Gasteiger partial charge < -0.3 is 0 Å². The van der Waals surface area contributed by atoms with Crippen LogP contribution in [0.5, 0.6) is 0 Å². The molecule has 0 aliphatic heterocycles. The van der Waals surface area contributed by atoms with Crippen LogP contribution in [-0.4, -0.2) is 20.7 Å². The van der Waals surface area contributed by atoms with Gasteiger partial charge >= 0.3 is 0 Å². The van der Waals surface area contributed by atoms with Gasteiger partial charge in [-0.25, -0.2) is 15.0 Å². The summed E-state index contributed by atoms with van der Waals surface area (Å²) in [4.78, 5) is 28.8. The molecule has 51 heavy (non-hydrogen) atoms. The average molecular weight is 654 g/mol. The van der Waals surface area contributed by atoms with E-state index in [-0.39, 0.29) is 5.78 Å². The lowest BCUT2D eigenvalue weighted by Crippen LogP contribution is -2.38. The maximum Gasteiger partial charge on any atom is 0.193 e. The van der Waals surface area contributed by atoms with Crippen LogP contribution in [0.4, 0.5) is 0 Å². The summed E-state index contributed by atoms with van der Waals surface area (Å²) in [5, 5.41) is 0. The highest BCUT2D eigenvalue weighted by Crippen LogP contribution is 2.51. The second-order valence-electron chi connectivity index (χ2n) is 12.7. The summed E-state index contributed by atoms with van der Waals surface area (Å²) < 4.78 is 0. The van der Waals surface area contributed by atoms with Crippen LogP contribution in [0.2, 0.25) is 0 Å². The molecule has 1 heterocycles. The van der Waals surface area contributed by atoms with Crippen molar-refractivity contribution in [3.8, 4) is 45.3 Å². The van der Waals surface area contributed by atoms with Gasteiger partial charge in [-0.3, -0.25) is 4.79 Å². The summed E-state index contributed by atoms with van der Waals surface area (Å²) in [6, 6.07) is 63.8. The monoisotopic (exact) mass is 653 g/mol. The number of carbonyl (C=O) groups excluding carboxylic acids is 1. The lowest BCUT2D eigenvalue weighted by molar-refractivity contribution is 0.103. The van der Waals surface area contributed by atoms with Crippen molar-refractivity contribution in [1.29, 1.82) is 0 Å². The molecule has 0 saturated carbocycles. The third-order valence-corrected chi connectivity index (χ3v) is 9.83. The van der Waals surface area contributed by atoms with E-state index in [9.17, 15) is 4.79 Å². The Kier molecular flexibility index (Phi) is 7.48. The van der Waals surface area contributed by atoms with Crippen molar-refractivity contribution in [2.75, 3.05) is 0 Å². The second kappa shape index (κ2) is 12.6. The smallest absolute Gasteiger partial charge is 0.193 e.